The summed E-state index contributed by atoms with van der Waals surface area (Å²) in [4.78, 5) is 11.3. The third-order valence-electron chi connectivity index (χ3n) is 3.36. The van der Waals surface area contributed by atoms with Gasteiger partial charge in [0.25, 0.3) is 0 Å². The first-order valence-corrected chi connectivity index (χ1v) is 7.35. The number of carbonyl (C=O) groups is 1. The molecule has 3 aromatic rings. The quantitative estimate of drug-likeness (QED) is 0.661. The standard InChI is InChI=1S/C17H13BrN2O/c1-12-9-15(18)7-8-16(12)20-17(14(11-21)10-19-20)13-5-3-2-4-6-13/h2-11H,1H3. The molecule has 0 N–H and O–H groups in total. The lowest BCUT2D eigenvalue weighted by atomic mass is 10.1. The maximum absolute atomic E-state index is 11.3. The highest BCUT2D eigenvalue weighted by atomic mass is 79.9. The third-order valence-corrected chi connectivity index (χ3v) is 3.85. The average Bonchev–Trinajstić information content (AvgIpc) is 2.92. The number of aryl methyl sites for hydroxylation is 1. The molecule has 104 valence electrons. The third kappa shape index (κ3) is 2.54. The minimum absolute atomic E-state index is 0.587. The molecule has 2 aromatic carbocycles. The number of nitrogens with zero attached hydrogens (tertiary/aromatic N) is 2. The molecule has 0 aliphatic carbocycles. The van der Waals surface area contributed by atoms with Gasteiger partial charge in [-0.3, -0.25) is 4.79 Å². The first-order chi connectivity index (χ1) is 10.2. The molecule has 0 spiro atoms. The molecule has 0 fully saturated rings. The summed E-state index contributed by atoms with van der Waals surface area (Å²) in [5.41, 5.74) is 4.42. The molecule has 0 aliphatic heterocycles. The number of halogens is 1. The summed E-state index contributed by atoms with van der Waals surface area (Å²) in [7, 11) is 0. The van der Waals surface area contributed by atoms with Gasteiger partial charge in [-0.2, -0.15) is 5.10 Å². The Bertz CT molecular complexity index is 794. The average molecular weight is 341 g/mol. The van der Waals surface area contributed by atoms with Gasteiger partial charge in [-0.25, -0.2) is 4.68 Å². The van der Waals surface area contributed by atoms with Crippen molar-refractivity contribution in [2.75, 3.05) is 0 Å². The van der Waals surface area contributed by atoms with Crippen molar-refractivity contribution in [3.8, 4) is 16.9 Å². The number of rotatable bonds is 3. The van der Waals surface area contributed by atoms with Crippen LogP contribution in [0.5, 0.6) is 0 Å². The van der Waals surface area contributed by atoms with E-state index in [1.807, 2.05) is 60.1 Å². The van der Waals surface area contributed by atoms with E-state index in [1.165, 1.54) is 0 Å². The molecule has 1 aromatic heterocycles. The second-order valence-corrected chi connectivity index (χ2v) is 5.69. The molecule has 0 bridgehead atoms. The molecule has 0 radical (unpaired) electrons. The Kier molecular flexibility index (Phi) is 3.71. The molecule has 0 aliphatic rings. The van der Waals surface area contributed by atoms with Crippen molar-refractivity contribution in [1.82, 2.24) is 9.78 Å². The Morgan fingerprint density at radius 1 is 1.14 bits per heavy atom. The zero-order valence-corrected chi connectivity index (χ0v) is 13.0. The molecule has 0 amide bonds. The largest absolute Gasteiger partial charge is 0.298 e. The van der Waals surface area contributed by atoms with Crippen molar-refractivity contribution in [1.29, 1.82) is 0 Å². The van der Waals surface area contributed by atoms with Crippen LogP contribution in [0, 0.1) is 6.92 Å². The Balaban J connectivity index is 2.25. The van der Waals surface area contributed by atoms with Crippen LogP contribution in [0.2, 0.25) is 0 Å². The van der Waals surface area contributed by atoms with E-state index in [0.717, 1.165) is 33.3 Å². The summed E-state index contributed by atoms with van der Waals surface area (Å²) in [6.07, 6.45) is 2.46. The second kappa shape index (κ2) is 5.66. The Labute approximate surface area is 131 Å². The number of benzene rings is 2. The summed E-state index contributed by atoms with van der Waals surface area (Å²) >= 11 is 3.47. The fourth-order valence-corrected chi connectivity index (χ4v) is 2.85. The first-order valence-electron chi connectivity index (χ1n) is 6.56. The summed E-state index contributed by atoms with van der Waals surface area (Å²) < 4.78 is 2.84. The van der Waals surface area contributed by atoms with E-state index in [9.17, 15) is 4.79 Å². The van der Waals surface area contributed by atoms with Crippen molar-refractivity contribution in [3.63, 3.8) is 0 Å². The number of aldehydes is 1. The van der Waals surface area contributed by atoms with Gasteiger partial charge < -0.3 is 0 Å². The molecule has 3 nitrogen and oxygen atoms in total. The van der Waals surface area contributed by atoms with Gasteiger partial charge >= 0.3 is 0 Å². The van der Waals surface area contributed by atoms with E-state index >= 15 is 0 Å². The van der Waals surface area contributed by atoms with Crippen molar-refractivity contribution >= 4 is 22.2 Å². The normalized spacial score (nSPS) is 10.6. The smallest absolute Gasteiger partial charge is 0.153 e. The fourth-order valence-electron chi connectivity index (χ4n) is 2.37. The predicted molar refractivity (Wildman–Crippen MR) is 86.8 cm³/mol. The lowest BCUT2D eigenvalue weighted by Crippen LogP contribution is -2.02. The zero-order valence-electron chi connectivity index (χ0n) is 11.5. The summed E-state index contributed by atoms with van der Waals surface area (Å²) in [6, 6.07) is 15.8. The summed E-state index contributed by atoms with van der Waals surface area (Å²) in [5.74, 6) is 0. The fraction of sp³-hybridized carbons (Fsp3) is 0.0588. The highest BCUT2D eigenvalue weighted by Gasteiger charge is 2.15. The number of hydrogen-bond donors (Lipinski definition) is 0. The number of hydrogen-bond acceptors (Lipinski definition) is 2. The Morgan fingerprint density at radius 2 is 1.90 bits per heavy atom. The van der Waals surface area contributed by atoms with E-state index in [4.69, 9.17) is 0 Å². The SMILES string of the molecule is Cc1cc(Br)ccc1-n1ncc(C=O)c1-c1ccccc1. The van der Waals surface area contributed by atoms with Crippen LogP contribution in [0.15, 0.2) is 59.2 Å². The van der Waals surface area contributed by atoms with E-state index in [2.05, 4.69) is 21.0 Å². The van der Waals surface area contributed by atoms with Crippen LogP contribution in [-0.2, 0) is 0 Å². The molecule has 0 saturated heterocycles. The van der Waals surface area contributed by atoms with Crippen LogP contribution < -0.4 is 0 Å². The van der Waals surface area contributed by atoms with E-state index in [1.54, 1.807) is 6.20 Å². The van der Waals surface area contributed by atoms with Gasteiger partial charge in [0, 0.05) is 10.0 Å². The molecule has 4 heteroatoms. The van der Waals surface area contributed by atoms with Gasteiger partial charge in [-0.05, 0) is 30.7 Å². The molecule has 0 atom stereocenters. The van der Waals surface area contributed by atoms with Crippen LogP contribution in [0.3, 0.4) is 0 Å². The summed E-state index contributed by atoms with van der Waals surface area (Å²) in [6.45, 7) is 2.02. The van der Waals surface area contributed by atoms with Gasteiger partial charge in [0.15, 0.2) is 6.29 Å². The van der Waals surface area contributed by atoms with Gasteiger partial charge in [-0.1, -0.05) is 46.3 Å². The highest BCUT2D eigenvalue weighted by Crippen LogP contribution is 2.28. The van der Waals surface area contributed by atoms with Gasteiger partial charge in [0.1, 0.15) is 0 Å². The zero-order chi connectivity index (χ0) is 14.8. The molecule has 1 heterocycles. The molecule has 21 heavy (non-hydrogen) atoms. The minimum Gasteiger partial charge on any atom is -0.298 e. The number of carbonyl (C=O) groups excluding carboxylic acids is 1. The van der Waals surface area contributed by atoms with Crippen LogP contribution in [0.1, 0.15) is 15.9 Å². The van der Waals surface area contributed by atoms with Crippen molar-refractivity contribution in [2.45, 2.75) is 6.92 Å². The van der Waals surface area contributed by atoms with Crippen molar-refractivity contribution < 1.29 is 4.79 Å². The van der Waals surface area contributed by atoms with E-state index in [-0.39, 0.29) is 0 Å². The van der Waals surface area contributed by atoms with Crippen LogP contribution >= 0.6 is 15.9 Å². The molecular formula is C17H13BrN2O. The van der Waals surface area contributed by atoms with Crippen molar-refractivity contribution in [3.05, 3.63) is 70.3 Å². The lowest BCUT2D eigenvalue weighted by molar-refractivity contribution is 0.112. The van der Waals surface area contributed by atoms with E-state index in [0.29, 0.717) is 5.56 Å². The molecule has 0 unspecified atom stereocenters. The molecule has 3 rings (SSSR count). The highest BCUT2D eigenvalue weighted by molar-refractivity contribution is 9.10. The van der Waals surface area contributed by atoms with Crippen LogP contribution in [-0.4, -0.2) is 16.1 Å². The monoisotopic (exact) mass is 340 g/mol. The maximum atomic E-state index is 11.3. The van der Waals surface area contributed by atoms with Crippen molar-refractivity contribution in [2.24, 2.45) is 0 Å². The second-order valence-electron chi connectivity index (χ2n) is 4.78. The topological polar surface area (TPSA) is 34.9 Å². The molecular weight excluding hydrogens is 328 g/mol. The summed E-state index contributed by atoms with van der Waals surface area (Å²) in [5, 5.41) is 4.39. The Morgan fingerprint density at radius 3 is 2.57 bits per heavy atom. The van der Waals surface area contributed by atoms with Gasteiger partial charge in [-0.15, -0.1) is 0 Å². The number of aromatic nitrogens is 2. The van der Waals surface area contributed by atoms with Gasteiger partial charge in [0.2, 0.25) is 0 Å². The maximum Gasteiger partial charge on any atom is 0.153 e. The predicted octanol–water partition coefficient (Wildman–Crippen LogP) is 4.42. The van der Waals surface area contributed by atoms with Crippen LogP contribution in [0.25, 0.3) is 16.9 Å². The minimum atomic E-state index is 0.587. The van der Waals surface area contributed by atoms with E-state index < -0.39 is 0 Å². The van der Waals surface area contributed by atoms with Gasteiger partial charge in [0.05, 0.1) is 23.1 Å². The lowest BCUT2D eigenvalue weighted by Gasteiger charge is -2.11. The molecule has 0 saturated carbocycles. The first kappa shape index (κ1) is 13.8. The Hall–Kier alpha value is -2.20. The van der Waals surface area contributed by atoms with Crippen LogP contribution in [0.4, 0.5) is 0 Å².